The van der Waals surface area contributed by atoms with Gasteiger partial charge in [0.25, 0.3) is 0 Å². The van der Waals surface area contributed by atoms with Crippen molar-refractivity contribution in [3.63, 3.8) is 0 Å². The van der Waals surface area contributed by atoms with E-state index in [0.29, 0.717) is 10.6 Å². The molecule has 4 rings (SSSR count). The molecule has 2 aromatic rings. The molecule has 2 aliphatic rings. The number of ether oxygens (including phenoxy) is 3. The van der Waals surface area contributed by atoms with Crippen LogP contribution < -0.4 is 9.47 Å². The Balaban J connectivity index is 1.48. The van der Waals surface area contributed by atoms with Crippen LogP contribution in [0.25, 0.3) is 10.6 Å². The van der Waals surface area contributed by atoms with E-state index in [4.69, 9.17) is 14.2 Å². The predicted octanol–water partition coefficient (Wildman–Crippen LogP) is 4.03. The quantitative estimate of drug-likeness (QED) is 0.795. The number of nitrogens with zero attached hydrogens (tertiary/aromatic N) is 1. The third-order valence-corrected chi connectivity index (χ3v) is 5.18. The Labute approximate surface area is 138 Å². The van der Waals surface area contributed by atoms with Crippen LogP contribution in [0.3, 0.4) is 0 Å². The molecule has 1 fully saturated rings. The smallest absolute Gasteiger partial charge is 0.350 e. The van der Waals surface area contributed by atoms with Gasteiger partial charge in [-0.05, 0) is 43.9 Å². The average molecular weight is 331 g/mol. The molecule has 120 valence electrons. The zero-order chi connectivity index (χ0) is 15.6. The van der Waals surface area contributed by atoms with Crippen molar-refractivity contribution in [3.05, 3.63) is 29.3 Å². The van der Waals surface area contributed by atoms with Gasteiger partial charge in [-0.3, -0.25) is 0 Å². The standard InChI is InChI=1S/C17H17NO4S/c19-17(22-12-4-2-1-3-5-12)15-9-18-16(23-15)11-6-7-13-14(8-11)21-10-20-13/h6-9,12H,1-5,10H2. The summed E-state index contributed by atoms with van der Waals surface area (Å²) in [5.41, 5.74) is 0.913. The van der Waals surface area contributed by atoms with Crippen LogP contribution >= 0.6 is 11.3 Å². The van der Waals surface area contributed by atoms with E-state index in [9.17, 15) is 4.79 Å². The molecule has 23 heavy (non-hydrogen) atoms. The highest BCUT2D eigenvalue weighted by Gasteiger charge is 2.21. The molecular weight excluding hydrogens is 314 g/mol. The number of carbonyl (C=O) groups excluding carboxylic acids is 1. The molecule has 1 aliphatic heterocycles. The van der Waals surface area contributed by atoms with E-state index in [2.05, 4.69) is 4.98 Å². The lowest BCUT2D eigenvalue weighted by atomic mass is 9.98. The number of fused-ring (bicyclic) bond motifs is 1. The van der Waals surface area contributed by atoms with Crippen LogP contribution in [-0.2, 0) is 4.74 Å². The molecule has 0 radical (unpaired) electrons. The second kappa shape index (κ2) is 6.20. The molecule has 2 heterocycles. The normalized spacial score (nSPS) is 17.2. The highest BCUT2D eigenvalue weighted by atomic mass is 32.1. The highest BCUT2D eigenvalue weighted by Crippen LogP contribution is 2.37. The van der Waals surface area contributed by atoms with Gasteiger partial charge in [-0.2, -0.15) is 0 Å². The maximum atomic E-state index is 12.2. The maximum absolute atomic E-state index is 12.2. The number of hydrogen-bond acceptors (Lipinski definition) is 6. The minimum absolute atomic E-state index is 0.0624. The van der Waals surface area contributed by atoms with Gasteiger partial charge in [0, 0.05) is 5.56 Å². The minimum Gasteiger partial charge on any atom is -0.458 e. The number of benzene rings is 1. The largest absolute Gasteiger partial charge is 0.458 e. The molecule has 1 aromatic carbocycles. The van der Waals surface area contributed by atoms with E-state index in [1.165, 1.54) is 17.8 Å². The summed E-state index contributed by atoms with van der Waals surface area (Å²) in [6.45, 7) is 0.246. The summed E-state index contributed by atoms with van der Waals surface area (Å²) >= 11 is 1.35. The van der Waals surface area contributed by atoms with Gasteiger partial charge in [0.15, 0.2) is 11.5 Å². The van der Waals surface area contributed by atoms with E-state index in [1.54, 1.807) is 6.20 Å². The van der Waals surface area contributed by atoms with Crippen molar-refractivity contribution in [3.8, 4) is 22.1 Å². The molecule has 1 saturated carbocycles. The molecule has 0 spiro atoms. The Morgan fingerprint density at radius 3 is 2.87 bits per heavy atom. The topological polar surface area (TPSA) is 57.7 Å². The predicted molar refractivity (Wildman–Crippen MR) is 86.0 cm³/mol. The van der Waals surface area contributed by atoms with Crippen molar-refractivity contribution < 1.29 is 19.0 Å². The Hall–Kier alpha value is -2.08. The molecule has 1 aliphatic carbocycles. The number of rotatable bonds is 3. The Bertz CT molecular complexity index is 721. The molecule has 0 saturated heterocycles. The van der Waals surface area contributed by atoms with Crippen LogP contribution in [0.15, 0.2) is 24.4 Å². The zero-order valence-electron chi connectivity index (χ0n) is 12.6. The summed E-state index contributed by atoms with van der Waals surface area (Å²) in [5, 5.41) is 0.777. The van der Waals surface area contributed by atoms with Gasteiger partial charge in [0.2, 0.25) is 6.79 Å². The van der Waals surface area contributed by atoms with Crippen LogP contribution in [0.5, 0.6) is 11.5 Å². The monoisotopic (exact) mass is 331 g/mol. The van der Waals surface area contributed by atoms with Crippen molar-refractivity contribution in [1.29, 1.82) is 0 Å². The third kappa shape index (κ3) is 3.03. The van der Waals surface area contributed by atoms with Crippen molar-refractivity contribution >= 4 is 17.3 Å². The van der Waals surface area contributed by atoms with Crippen LogP contribution in [0.4, 0.5) is 0 Å². The van der Waals surface area contributed by atoms with Gasteiger partial charge in [0.1, 0.15) is 16.0 Å². The molecule has 0 amide bonds. The molecule has 0 N–H and O–H groups in total. The Morgan fingerprint density at radius 1 is 1.17 bits per heavy atom. The third-order valence-electron chi connectivity index (χ3n) is 4.15. The fourth-order valence-corrected chi connectivity index (χ4v) is 3.72. The number of carbonyl (C=O) groups is 1. The molecule has 0 atom stereocenters. The summed E-state index contributed by atoms with van der Waals surface area (Å²) in [5.74, 6) is 1.19. The first-order valence-corrected chi connectivity index (χ1v) is 8.68. The lowest BCUT2D eigenvalue weighted by Gasteiger charge is -2.21. The number of esters is 1. The number of aromatic nitrogens is 1. The lowest BCUT2D eigenvalue weighted by Crippen LogP contribution is -2.20. The van der Waals surface area contributed by atoms with Crippen LogP contribution in [0.1, 0.15) is 41.8 Å². The number of hydrogen-bond donors (Lipinski definition) is 0. The van der Waals surface area contributed by atoms with Crippen LogP contribution in [0.2, 0.25) is 0 Å². The number of thiazole rings is 1. The lowest BCUT2D eigenvalue weighted by molar-refractivity contribution is 0.0216. The van der Waals surface area contributed by atoms with Crippen LogP contribution in [0, 0.1) is 0 Å². The fourth-order valence-electron chi connectivity index (χ4n) is 2.92. The van der Waals surface area contributed by atoms with E-state index >= 15 is 0 Å². The molecule has 5 nitrogen and oxygen atoms in total. The Morgan fingerprint density at radius 2 is 2.00 bits per heavy atom. The molecule has 6 heteroatoms. The molecule has 1 aromatic heterocycles. The van der Waals surface area contributed by atoms with Gasteiger partial charge < -0.3 is 14.2 Å². The van der Waals surface area contributed by atoms with Gasteiger partial charge in [-0.1, -0.05) is 6.42 Å². The van der Waals surface area contributed by atoms with E-state index in [0.717, 1.165) is 42.0 Å². The first-order valence-electron chi connectivity index (χ1n) is 7.86. The van der Waals surface area contributed by atoms with E-state index in [1.807, 2.05) is 18.2 Å². The second-order valence-electron chi connectivity index (χ2n) is 5.76. The summed E-state index contributed by atoms with van der Waals surface area (Å²) in [6.07, 6.45) is 7.12. The fraction of sp³-hybridized carbons (Fsp3) is 0.412. The van der Waals surface area contributed by atoms with Gasteiger partial charge in [-0.25, -0.2) is 9.78 Å². The van der Waals surface area contributed by atoms with Gasteiger partial charge >= 0.3 is 5.97 Å². The minimum atomic E-state index is -0.263. The average Bonchev–Trinajstić information content (AvgIpc) is 3.24. The van der Waals surface area contributed by atoms with Crippen LogP contribution in [-0.4, -0.2) is 23.9 Å². The first-order chi connectivity index (χ1) is 11.3. The van der Waals surface area contributed by atoms with Crippen molar-refractivity contribution in [2.45, 2.75) is 38.2 Å². The zero-order valence-corrected chi connectivity index (χ0v) is 13.4. The molecular formula is C17H17NO4S. The highest BCUT2D eigenvalue weighted by molar-refractivity contribution is 7.16. The van der Waals surface area contributed by atoms with Crippen molar-refractivity contribution in [1.82, 2.24) is 4.98 Å². The summed E-state index contributed by atoms with van der Waals surface area (Å²) in [7, 11) is 0. The summed E-state index contributed by atoms with van der Waals surface area (Å²) in [6, 6.07) is 5.67. The van der Waals surface area contributed by atoms with Gasteiger partial charge in [-0.15, -0.1) is 11.3 Å². The summed E-state index contributed by atoms with van der Waals surface area (Å²) < 4.78 is 16.3. The van der Waals surface area contributed by atoms with Crippen molar-refractivity contribution in [2.24, 2.45) is 0 Å². The first kappa shape index (κ1) is 14.5. The second-order valence-corrected chi connectivity index (χ2v) is 6.79. The summed E-state index contributed by atoms with van der Waals surface area (Å²) in [4.78, 5) is 17.1. The van der Waals surface area contributed by atoms with E-state index < -0.39 is 0 Å². The molecule has 0 bridgehead atoms. The van der Waals surface area contributed by atoms with Crippen molar-refractivity contribution in [2.75, 3.05) is 6.79 Å². The SMILES string of the molecule is O=C(OC1CCCCC1)c1cnc(-c2ccc3c(c2)OCO3)s1. The Kier molecular flexibility index (Phi) is 3.91. The van der Waals surface area contributed by atoms with E-state index in [-0.39, 0.29) is 18.9 Å². The maximum Gasteiger partial charge on any atom is 0.350 e. The molecule has 0 unspecified atom stereocenters. The van der Waals surface area contributed by atoms with Gasteiger partial charge in [0.05, 0.1) is 6.20 Å².